The van der Waals surface area contributed by atoms with Crippen molar-refractivity contribution in [1.29, 1.82) is 0 Å². The molecule has 0 aliphatic carbocycles. The minimum atomic E-state index is -1.66. The molecule has 12 heavy (non-hydrogen) atoms. The summed E-state index contributed by atoms with van der Waals surface area (Å²) in [7, 11) is 0. The Labute approximate surface area is 75.0 Å². The molecule has 0 atom stereocenters. The predicted octanol–water partition coefficient (Wildman–Crippen LogP) is 2.88. The average molecular weight is 241 g/mol. The van der Waals surface area contributed by atoms with Crippen LogP contribution < -0.4 is 0 Å². The van der Waals surface area contributed by atoms with E-state index in [2.05, 4.69) is 15.9 Å². The van der Waals surface area contributed by atoms with Crippen LogP contribution in [0.5, 0.6) is 5.75 Å². The van der Waals surface area contributed by atoms with Crippen LogP contribution in [0.3, 0.4) is 0 Å². The molecule has 5 heteroatoms. The summed E-state index contributed by atoms with van der Waals surface area (Å²) in [6.45, 7) is 1.22. The maximum absolute atomic E-state index is 12.7. The van der Waals surface area contributed by atoms with Crippen molar-refractivity contribution in [2.75, 3.05) is 0 Å². The number of hydrogen-bond donors (Lipinski definition) is 1. The van der Waals surface area contributed by atoms with Gasteiger partial charge in [0.25, 0.3) is 0 Å². The summed E-state index contributed by atoms with van der Waals surface area (Å²) in [4.78, 5) is 0. The summed E-state index contributed by atoms with van der Waals surface area (Å²) in [6.07, 6.45) is 0. The lowest BCUT2D eigenvalue weighted by Crippen LogP contribution is -1.96. The summed E-state index contributed by atoms with van der Waals surface area (Å²) < 4.78 is 37.5. The number of aromatic hydroxyl groups is 1. The zero-order valence-corrected chi connectivity index (χ0v) is 7.55. The average Bonchev–Trinajstić information content (AvgIpc) is 2.08. The van der Waals surface area contributed by atoms with Crippen molar-refractivity contribution >= 4 is 15.9 Å². The normalized spacial score (nSPS) is 10.4. The first kappa shape index (κ1) is 9.38. The number of halogens is 4. The van der Waals surface area contributed by atoms with E-state index < -0.39 is 23.2 Å². The lowest BCUT2D eigenvalue weighted by atomic mass is 10.2. The molecular weight excluding hydrogens is 237 g/mol. The first-order chi connectivity index (χ1) is 5.46. The summed E-state index contributed by atoms with van der Waals surface area (Å²) >= 11 is 2.72. The highest BCUT2D eigenvalue weighted by Crippen LogP contribution is 2.33. The molecule has 0 bridgehead atoms. The highest BCUT2D eigenvalue weighted by molar-refractivity contribution is 9.10. The van der Waals surface area contributed by atoms with E-state index >= 15 is 0 Å². The highest BCUT2D eigenvalue weighted by Gasteiger charge is 2.20. The fourth-order valence-electron chi connectivity index (χ4n) is 0.735. The van der Waals surface area contributed by atoms with E-state index in [1.165, 1.54) is 6.92 Å². The summed E-state index contributed by atoms with van der Waals surface area (Å²) in [5.74, 6) is -5.44. The van der Waals surface area contributed by atoms with E-state index in [9.17, 15) is 13.2 Å². The van der Waals surface area contributed by atoms with Crippen molar-refractivity contribution in [2.24, 2.45) is 0 Å². The number of hydrogen-bond acceptors (Lipinski definition) is 1. The first-order valence-corrected chi connectivity index (χ1v) is 3.77. The van der Waals surface area contributed by atoms with E-state index in [1.807, 2.05) is 0 Å². The lowest BCUT2D eigenvalue weighted by Gasteiger charge is -2.05. The smallest absolute Gasteiger partial charge is 0.204 e. The van der Waals surface area contributed by atoms with Crippen LogP contribution in [0.4, 0.5) is 13.2 Å². The van der Waals surface area contributed by atoms with Crippen LogP contribution in [0.2, 0.25) is 0 Å². The standard InChI is InChI=1S/C7H4BrF3O/c1-2-3(8)7(12)6(11)5(10)4(2)9/h12H,1H3. The Morgan fingerprint density at radius 3 is 2.08 bits per heavy atom. The second-order valence-corrected chi connectivity index (χ2v) is 3.02. The van der Waals surface area contributed by atoms with Gasteiger partial charge in [-0.15, -0.1) is 0 Å². The molecule has 0 aromatic heterocycles. The molecule has 1 N–H and O–H groups in total. The molecule has 0 radical (unpaired) electrons. The Morgan fingerprint density at radius 2 is 1.58 bits per heavy atom. The summed E-state index contributed by atoms with van der Waals surface area (Å²) in [5.41, 5.74) is -0.161. The molecule has 0 fully saturated rings. The third-order valence-electron chi connectivity index (χ3n) is 1.46. The lowest BCUT2D eigenvalue weighted by molar-refractivity contribution is 0.381. The highest BCUT2D eigenvalue weighted by atomic mass is 79.9. The van der Waals surface area contributed by atoms with Gasteiger partial charge < -0.3 is 5.11 Å². The maximum Gasteiger partial charge on any atom is 0.204 e. The van der Waals surface area contributed by atoms with Crippen LogP contribution in [-0.2, 0) is 0 Å². The van der Waals surface area contributed by atoms with Gasteiger partial charge in [0.1, 0.15) is 0 Å². The third-order valence-corrected chi connectivity index (χ3v) is 2.43. The van der Waals surface area contributed by atoms with Crippen molar-refractivity contribution in [3.63, 3.8) is 0 Å². The Balaban J connectivity index is 3.60. The molecule has 0 saturated carbocycles. The number of phenolic OH excluding ortho intramolecular Hbond substituents is 1. The van der Waals surface area contributed by atoms with Crippen molar-refractivity contribution in [3.05, 3.63) is 27.5 Å². The van der Waals surface area contributed by atoms with Crippen LogP contribution in [0.1, 0.15) is 5.56 Å². The van der Waals surface area contributed by atoms with Crippen LogP contribution in [-0.4, -0.2) is 5.11 Å². The molecule has 1 rings (SSSR count). The second-order valence-electron chi connectivity index (χ2n) is 2.23. The van der Waals surface area contributed by atoms with Crippen LogP contribution >= 0.6 is 15.9 Å². The van der Waals surface area contributed by atoms with Crippen molar-refractivity contribution in [1.82, 2.24) is 0 Å². The first-order valence-electron chi connectivity index (χ1n) is 2.98. The van der Waals surface area contributed by atoms with Gasteiger partial charge >= 0.3 is 0 Å². The van der Waals surface area contributed by atoms with E-state index in [-0.39, 0.29) is 10.0 Å². The molecular formula is C7H4BrF3O. The largest absolute Gasteiger partial charge is 0.504 e. The maximum atomic E-state index is 12.7. The molecule has 1 aromatic carbocycles. The van der Waals surface area contributed by atoms with Crippen LogP contribution in [0.15, 0.2) is 4.47 Å². The fourth-order valence-corrected chi connectivity index (χ4v) is 1.08. The SMILES string of the molecule is Cc1c(F)c(F)c(F)c(O)c1Br. The van der Waals surface area contributed by atoms with Gasteiger partial charge in [0.05, 0.1) is 4.47 Å². The zero-order valence-electron chi connectivity index (χ0n) is 5.96. The molecule has 66 valence electrons. The summed E-state index contributed by atoms with van der Waals surface area (Å²) in [5, 5.41) is 8.86. The monoisotopic (exact) mass is 240 g/mol. The molecule has 0 aliphatic heterocycles. The van der Waals surface area contributed by atoms with Gasteiger partial charge in [-0.3, -0.25) is 0 Å². The van der Waals surface area contributed by atoms with E-state index in [0.29, 0.717) is 0 Å². The number of phenols is 1. The van der Waals surface area contributed by atoms with Crippen LogP contribution in [0.25, 0.3) is 0 Å². The molecule has 0 spiro atoms. The van der Waals surface area contributed by atoms with Gasteiger partial charge in [0.2, 0.25) is 5.82 Å². The van der Waals surface area contributed by atoms with E-state index in [4.69, 9.17) is 5.11 Å². The predicted molar refractivity (Wildman–Crippen MR) is 40.4 cm³/mol. The molecule has 1 nitrogen and oxygen atoms in total. The minimum absolute atomic E-state index is 0.161. The molecule has 0 unspecified atom stereocenters. The van der Waals surface area contributed by atoms with Gasteiger partial charge in [-0.2, -0.15) is 4.39 Å². The van der Waals surface area contributed by atoms with Crippen LogP contribution in [0, 0.1) is 24.4 Å². The Hall–Kier alpha value is -0.710. The Morgan fingerprint density at radius 1 is 1.08 bits per heavy atom. The molecule has 0 heterocycles. The second kappa shape index (κ2) is 2.97. The summed E-state index contributed by atoms with van der Waals surface area (Å²) in [6, 6.07) is 0. The van der Waals surface area contributed by atoms with Crippen molar-refractivity contribution in [3.8, 4) is 5.75 Å². The van der Waals surface area contributed by atoms with E-state index in [0.717, 1.165) is 0 Å². The topological polar surface area (TPSA) is 20.2 Å². The zero-order chi connectivity index (χ0) is 9.46. The molecule has 0 amide bonds. The fraction of sp³-hybridized carbons (Fsp3) is 0.143. The Bertz CT molecular complexity index is 233. The molecule has 0 aliphatic rings. The molecule has 0 saturated heterocycles. The van der Waals surface area contributed by atoms with E-state index in [1.54, 1.807) is 0 Å². The Kier molecular flexibility index (Phi) is 2.32. The minimum Gasteiger partial charge on any atom is -0.504 e. The van der Waals surface area contributed by atoms with Crippen molar-refractivity contribution < 1.29 is 18.3 Å². The number of benzene rings is 1. The van der Waals surface area contributed by atoms with Gasteiger partial charge in [-0.1, -0.05) is 0 Å². The number of rotatable bonds is 0. The van der Waals surface area contributed by atoms with Gasteiger partial charge in [-0.05, 0) is 22.9 Å². The molecule has 1 aromatic rings. The quantitative estimate of drug-likeness (QED) is 0.546. The van der Waals surface area contributed by atoms with Gasteiger partial charge in [0, 0.05) is 5.56 Å². The van der Waals surface area contributed by atoms with Gasteiger partial charge in [0.15, 0.2) is 17.4 Å². The third kappa shape index (κ3) is 1.18. The van der Waals surface area contributed by atoms with Crippen molar-refractivity contribution in [2.45, 2.75) is 6.92 Å². The van der Waals surface area contributed by atoms with Gasteiger partial charge in [-0.25, -0.2) is 8.78 Å².